The van der Waals surface area contributed by atoms with Gasteiger partial charge in [0.1, 0.15) is 0 Å². The number of benzene rings is 1. The van der Waals surface area contributed by atoms with E-state index < -0.39 is 33.8 Å². The van der Waals surface area contributed by atoms with Gasteiger partial charge in [0.25, 0.3) is 0 Å². The van der Waals surface area contributed by atoms with E-state index in [2.05, 4.69) is 0 Å². The van der Waals surface area contributed by atoms with Gasteiger partial charge in [-0.1, -0.05) is 0 Å². The molecule has 10 heteroatoms. The molecule has 1 saturated heterocycles. The summed E-state index contributed by atoms with van der Waals surface area (Å²) in [6.45, 7) is -0.118. The Labute approximate surface area is 130 Å². The zero-order chi connectivity index (χ0) is 17.3. The van der Waals surface area contributed by atoms with E-state index >= 15 is 0 Å². The number of rotatable bonds is 4. The molecule has 1 N–H and O–H groups in total. The molecule has 0 aliphatic carbocycles. The van der Waals surface area contributed by atoms with Gasteiger partial charge in [-0.25, -0.2) is 8.42 Å². The van der Waals surface area contributed by atoms with Crippen molar-refractivity contribution in [2.75, 3.05) is 19.7 Å². The molecule has 1 fully saturated rings. The van der Waals surface area contributed by atoms with E-state index in [0.717, 1.165) is 16.4 Å². The van der Waals surface area contributed by atoms with Crippen molar-refractivity contribution in [3.8, 4) is 0 Å². The summed E-state index contributed by atoms with van der Waals surface area (Å²) in [5.41, 5.74) is -0.942. The van der Waals surface area contributed by atoms with Crippen molar-refractivity contribution in [2.24, 2.45) is 0 Å². The Morgan fingerprint density at radius 3 is 2.43 bits per heavy atom. The zero-order valence-corrected chi connectivity index (χ0v) is 12.6. The zero-order valence-electron chi connectivity index (χ0n) is 11.8. The number of aliphatic carboxylic acids is 1. The van der Waals surface area contributed by atoms with Gasteiger partial charge in [0, 0.05) is 13.1 Å². The molecule has 2 rings (SSSR count). The Kier molecular flexibility index (Phi) is 4.97. The second-order valence-electron chi connectivity index (χ2n) is 4.98. The van der Waals surface area contributed by atoms with Crippen LogP contribution >= 0.6 is 0 Å². The number of hydrogen-bond donors (Lipinski definition) is 1. The van der Waals surface area contributed by atoms with Crippen LogP contribution in [0.3, 0.4) is 0 Å². The number of hydrogen-bond acceptors (Lipinski definition) is 4. The van der Waals surface area contributed by atoms with E-state index in [-0.39, 0.29) is 31.0 Å². The van der Waals surface area contributed by atoms with Crippen molar-refractivity contribution >= 4 is 16.0 Å². The van der Waals surface area contributed by atoms with Gasteiger partial charge in [-0.05, 0) is 24.3 Å². The molecule has 0 radical (unpaired) electrons. The summed E-state index contributed by atoms with van der Waals surface area (Å²) in [6, 6.07) is 3.17. The maximum atomic E-state index is 12.5. The number of halogens is 3. The first-order valence-electron chi connectivity index (χ1n) is 6.61. The predicted octanol–water partition coefficient (Wildman–Crippen LogP) is 1.57. The van der Waals surface area contributed by atoms with Crippen molar-refractivity contribution in [2.45, 2.75) is 23.6 Å². The van der Waals surface area contributed by atoms with Crippen LogP contribution in [-0.4, -0.2) is 49.6 Å². The lowest BCUT2D eigenvalue weighted by atomic mass is 10.2. The number of alkyl halides is 3. The molecule has 128 valence electrons. The van der Waals surface area contributed by atoms with Crippen LogP contribution in [0, 0.1) is 0 Å². The van der Waals surface area contributed by atoms with E-state index in [1.54, 1.807) is 0 Å². The molecule has 0 aromatic heterocycles. The largest absolute Gasteiger partial charge is 0.481 e. The molecule has 1 aliphatic rings. The van der Waals surface area contributed by atoms with Gasteiger partial charge in [0.05, 0.1) is 29.6 Å². The molecule has 0 spiro atoms. The Bertz CT molecular complexity index is 672. The molecule has 1 aromatic carbocycles. The van der Waals surface area contributed by atoms with Crippen LogP contribution in [0.2, 0.25) is 0 Å². The summed E-state index contributed by atoms with van der Waals surface area (Å²) in [4.78, 5) is 10.4. The third-order valence-corrected chi connectivity index (χ3v) is 5.20. The fourth-order valence-electron chi connectivity index (χ4n) is 2.19. The average molecular weight is 353 g/mol. The highest BCUT2D eigenvalue weighted by atomic mass is 32.2. The summed E-state index contributed by atoms with van der Waals surface area (Å²) >= 11 is 0. The second-order valence-corrected chi connectivity index (χ2v) is 6.91. The Balaban J connectivity index is 2.19. The fourth-order valence-corrected chi connectivity index (χ4v) is 3.65. The molecular weight excluding hydrogens is 339 g/mol. The Morgan fingerprint density at radius 2 is 1.91 bits per heavy atom. The Morgan fingerprint density at radius 1 is 1.30 bits per heavy atom. The first-order chi connectivity index (χ1) is 10.6. The molecule has 23 heavy (non-hydrogen) atoms. The average Bonchev–Trinajstić information content (AvgIpc) is 2.46. The summed E-state index contributed by atoms with van der Waals surface area (Å²) in [5.74, 6) is -1.12. The highest BCUT2D eigenvalue weighted by Crippen LogP contribution is 2.30. The second kappa shape index (κ2) is 6.46. The lowest BCUT2D eigenvalue weighted by Gasteiger charge is -2.31. The van der Waals surface area contributed by atoms with Crippen LogP contribution in [0.15, 0.2) is 29.2 Å². The predicted molar refractivity (Wildman–Crippen MR) is 72.2 cm³/mol. The van der Waals surface area contributed by atoms with Crippen molar-refractivity contribution in [1.82, 2.24) is 4.31 Å². The van der Waals surface area contributed by atoms with Gasteiger partial charge >= 0.3 is 12.1 Å². The number of sulfonamides is 1. The summed E-state index contributed by atoms with van der Waals surface area (Å²) in [6.07, 6.45) is -5.68. The number of carboxylic acids is 1. The summed E-state index contributed by atoms with van der Waals surface area (Å²) in [5, 5.41) is 8.72. The molecule has 0 bridgehead atoms. The minimum Gasteiger partial charge on any atom is -0.481 e. The van der Waals surface area contributed by atoms with Crippen molar-refractivity contribution in [1.29, 1.82) is 0 Å². The summed E-state index contributed by atoms with van der Waals surface area (Å²) < 4.78 is 68.6. The highest BCUT2D eigenvalue weighted by Gasteiger charge is 2.34. The summed E-state index contributed by atoms with van der Waals surface area (Å²) in [7, 11) is -4.00. The quantitative estimate of drug-likeness (QED) is 0.888. The fraction of sp³-hybridized carbons (Fsp3) is 0.462. The molecular formula is C13H14F3NO5S. The van der Waals surface area contributed by atoms with Gasteiger partial charge in [-0.15, -0.1) is 0 Å². The van der Waals surface area contributed by atoms with Gasteiger partial charge in [-0.3, -0.25) is 4.79 Å². The number of ether oxygens (including phenoxy) is 1. The van der Waals surface area contributed by atoms with Crippen LogP contribution in [0.4, 0.5) is 13.2 Å². The molecule has 1 unspecified atom stereocenters. The number of morpholine rings is 1. The normalized spacial score (nSPS) is 20.4. The maximum Gasteiger partial charge on any atom is 0.416 e. The van der Waals surface area contributed by atoms with Crippen LogP contribution in [-0.2, 0) is 25.7 Å². The minimum absolute atomic E-state index is 0.0134. The van der Waals surface area contributed by atoms with E-state index in [9.17, 15) is 26.4 Å². The van der Waals surface area contributed by atoms with Crippen LogP contribution in [0.1, 0.15) is 12.0 Å². The maximum absolute atomic E-state index is 12.5. The van der Waals surface area contributed by atoms with E-state index in [4.69, 9.17) is 9.84 Å². The number of carbonyl (C=O) groups is 1. The molecule has 0 amide bonds. The molecule has 1 aromatic rings. The highest BCUT2D eigenvalue weighted by molar-refractivity contribution is 7.89. The van der Waals surface area contributed by atoms with Crippen molar-refractivity contribution in [3.63, 3.8) is 0 Å². The van der Waals surface area contributed by atoms with Crippen LogP contribution < -0.4 is 0 Å². The van der Waals surface area contributed by atoms with Gasteiger partial charge in [0.2, 0.25) is 10.0 Å². The number of carboxylic acid groups (broad SMARTS) is 1. The number of nitrogens with zero attached hydrogens (tertiary/aromatic N) is 1. The van der Waals surface area contributed by atoms with Gasteiger partial charge < -0.3 is 9.84 Å². The van der Waals surface area contributed by atoms with E-state index in [0.29, 0.717) is 12.1 Å². The molecule has 1 aliphatic heterocycles. The lowest BCUT2D eigenvalue weighted by Crippen LogP contribution is -2.46. The minimum atomic E-state index is -4.55. The Hall–Kier alpha value is -1.65. The smallest absolute Gasteiger partial charge is 0.416 e. The van der Waals surface area contributed by atoms with Crippen molar-refractivity contribution < 1.29 is 36.2 Å². The van der Waals surface area contributed by atoms with Gasteiger partial charge in [-0.2, -0.15) is 17.5 Å². The van der Waals surface area contributed by atoms with Crippen LogP contribution in [0.5, 0.6) is 0 Å². The topological polar surface area (TPSA) is 83.9 Å². The van der Waals surface area contributed by atoms with Crippen LogP contribution in [0.25, 0.3) is 0 Å². The molecule has 1 heterocycles. The van der Waals surface area contributed by atoms with Gasteiger partial charge in [0.15, 0.2) is 0 Å². The lowest BCUT2D eigenvalue weighted by molar-refractivity contribution is -0.141. The third-order valence-electron chi connectivity index (χ3n) is 3.32. The van der Waals surface area contributed by atoms with E-state index in [1.807, 2.05) is 0 Å². The first kappa shape index (κ1) is 17.7. The van der Waals surface area contributed by atoms with Crippen molar-refractivity contribution in [3.05, 3.63) is 29.8 Å². The van der Waals surface area contributed by atoms with E-state index in [1.165, 1.54) is 0 Å². The third kappa shape index (κ3) is 4.21. The first-order valence-corrected chi connectivity index (χ1v) is 8.05. The standard InChI is InChI=1S/C13H14F3NO5S/c14-13(15,16)9-1-3-11(4-2-9)23(20,21)17-5-6-22-10(8-17)7-12(18)19/h1-4,10H,5-8H2,(H,18,19). The molecule has 6 nitrogen and oxygen atoms in total. The monoisotopic (exact) mass is 353 g/mol. The SMILES string of the molecule is O=C(O)CC1CN(S(=O)(=O)c2ccc(C(F)(F)F)cc2)CCO1. The molecule has 1 atom stereocenters. The molecule has 0 saturated carbocycles.